The van der Waals surface area contributed by atoms with Crippen molar-refractivity contribution in [2.75, 3.05) is 13.1 Å². The SMILES string of the molecule is CCCN1CCC[C@H]1c1nc(Cc2ccc(F)cc2)no1. The number of rotatable bonds is 5. The lowest BCUT2D eigenvalue weighted by molar-refractivity contribution is 0.208. The van der Waals surface area contributed by atoms with Gasteiger partial charge in [0.25, 0.3) is 0 Å². The quantitative estimate of drug-likeness (QED) is 0.846. The van der Waals surface area contributed by atoms with Crippen molar-refractivity contribution < 1.29 is 8.91 Å². The molecule has 0 N–H and O–H groups in total. The maximum atomic E-state index is 12.9. The number of aromatic nitrogens is 2. The van der Waals surface area contributed by atoms with Gasteiger partial charge < -0.3 is 4.52 Å². The van der Waals surface area contributed by atoms with Crippen LogP contribution in [0, 0.1) is 5.82 Å². The van der Waals surface area contributed by atoms with E-state index in [-0.39, 0.29) is 11.9 Å². The average Bonchev–Trinajstić information content (AvgIpc) is 3.11. The van der Waals surface area contributed by atoms with Crippen molar-refractivity contribution in [2.45, 2.75) is 38.6 Å². The highest BCUT2D eigenvalue weighted by Crippen LogP contribution is 2.30. The topological polar surface area (TPSA) is 42.2 Å². The monoisotopic (exact) mass is 289 g/mol. The minimum Gasteiger partial charge on any atom is -0.338 e. The highest BCUT2D eigenvalue weighted by atomic mass is 19.1. The smallest absolute Gasteiger partial charge is 0.244 e. The van der Waals surface area contributed by atoms with Crippen molar-refractivity contribution >= 4 is 0 Å². The number of hydrogen-bond acceptors (Lipinski definition) is 4. The third-order valence-corrected chi connectivity index (χ3v) is 3.92. The summed E-state index contributed by atoms with van der Waals surface area (Å²) in [6.45, 7) is 4.36. The summed E-state index contributed by atoms with van der Waals surface area (Å²) >= 11 is 0. The normalized spacial score (nSPS) is 19.2. The highest BCUT2D eigenvalue weighted by Gasteiger charge is 2.29. The van der Waals surface area contributed by atoms with Gasteiger partial charge in [0, 0.05) is 6.42 Å². The van der Waals surface area contributed by atoms with Gasteiger partial charge >= 0.3 is 0 Å². The first-order valence-corrected chi connectivity index (χ1v) is 7.57. The Hall–Kier alpha value is -1.75. The van der Waals surface area contributed by atoms with Gasteiger partial charge in [-0.1, -0.05) is 24.2 Å². The lowest BCUT2D eigenvalue weighted by atomic mass is 10.1. The van der Waals surface area contributed by atoms with Crippen molar-refractivity contribution in [3.8, 4) is 0 Å². The van der Waals surface area contributed by atoms with Gasteiger partial charge in [-0.15, -0.1) is 0 Å². The van der Waals surface area contributed by atoms with Crippen LogP contribution in [0.15, 0.2) is 28.8 Å². The van der Waals surface area contributed by atoms with Crippen molar-refractivity contribution in [2.24, 2.45) is 0 Å². The molecule has 0 unspecified atom stereocenters. The molecule has 21 heavy (non-hydrogen) atoms. The Bertz CT molecular complexity index is 581. The van der Waals surface area contributed by atoms with Crippen molar-refractivity contribution in [1.82, 2.24) is 15.0 Å². The third-order valence-electron chi connectivity index (χ3n) is 3.92. The van der Waals surface area contributed by atoms with Gasteiger partial charge in [0.05, 0.1) is 6.04 Å². The van der Waals surface area contributed by atoms with Gasteiger partial charge in [0.15, 0.2) is 5.82 Å². The van der Waals surface area contributed by atoms with Crippen LogP contribution in [0.1, 0.15) is 49.5 Å². The Morgan fingerprint density at radius 3 is 2.90 bits per heavy atom. The zero-order chi connectivity index (χ0) is 14.7. The summed E-state index contributed by atoms with van der Waals surface area (Å²) < 4.78 is 18.3. The van der Waals surface area contributed by atoms with Crippen LogP contribution >= 0.6 is 0 Å². The molecule has 0 amide bonds. The molecule has 0 saturated carbocycles. The molecule has 1 atom stereocenters. The van der Waals surface area contributed by atoms with E-state index in [9.17, 15) is 4.39 Å². The van der Waals surface area contributed by atoms with Gasteiger partial charge in [-0.3, -0.25) is 4.90 Å². The fraction of sp³-hybridized carbons (Fsp3) is 0.500. The molecule has 2 aromatic rings. The number of benzene rings is 1. The van der Waals surface area contributed by atoms with Crippen LogP contribution in [0.2, 0.25) is 0 Å². The van der Waals surface area contributed by atoms with E-state index in [0.29, 0.717) is 12.2 Å². The van der Waals surface area contributed by atoms with E-state index in [4.69, 9.17) is 4.52 Å². The lowest BCUT2D eigenvalue weighted by Gasteiger charge is -2.20. The van der Waals surface area contributed by atoms with E-state index in [2.05, 4.69) is 22.0 Å². The minimum absolute atomic E-state index is 0.228. The van der Waals surface area contributed by atoms with Gasteiger partial charge in [0.1, 0.15) is 5.82 Å². The average molecular weight is 289 g/mol. The predicted molar refractivity (Wildman–Crippen MR) is 77.3 cm³/mol. The molecule has 0 spiro atoms. The summed E-state index contributed by atoms with van der Waals surface area (Å²) in [6.07, 6.45) is 3.97. The van der Waals surface area contributed by atoms with Crippen LogP contribution in [-0.4, -0.2) is 28.1 Å². The summed E-state index contributed by atoms with van der Waals surface area (Å²) in [5, 5.41) is 4.07. The van der Waals surface area contributed by atoms with Gasteiger partial charge in [-0.25, -0.2) is 4.39 Å². The zero-order valence-corrected chi connectivity index (χ0v) is 12.3. The molecule has 112 valence electrons. The maximum Gasteiger partial charge on any atom is 0.244 e. The molecule has 2 heterocycles. The first kappa shape index (κ1) is 14.2. The fourth-order valence-corrected chi connectivity index (χ4v) is 2.92. The second-order valence-electron chi connectivity index (χ2n) is 5.55. The minimum atomic E-state index is -0.228. The summed E-state index contributed by atoms with van der Waals surface area (Å²) in [4.78, 5) is 6.94. The molecule has 1 aliphatic heterocycles. The molecular weight excluding hydrogens is 269 g/mol. The number of halogens is 1. The van der Waals surface area contributed by atoms with Gasteiger partial charge in [-0.05, 0) is 50.0 Å². The van der Waals surface area contributed by atoms with Crippen LogP contribution in [-0.2, 0) is 6.42 Å². The van der Waals surface area contributed by atoms with E-state index >= 15 is 0 Å². The molecule has 1 fully saturated rings. The number of likely N-dealkylation sites (tertiary alicyclic amines) is 1. The molecule has 0 radical (unpaired) electrons. The van der Waals surface area contributed by atoms with Crippen LogP contribution < -0.4 is 0 Å². The Balaban J connectivity index is 1.69. The first-order chi connectivity index (χ1) is 10.3. The van der Waals surface area contributed by atoms with Crippen LogP contribution in [0.4, 0.5) is 4.39 Å². The molecule has 0 aliphatic carbocycles. The molecule has 3 rings (SSSR count). The Morgan fingerprint density at radius 2 is 2.14 bits per heavy atom. The van der Waals surface area contributed by atoms with E-state index in [0.717, 1.165) is 37.4 Å². The van der Waals surface area contributed by atoms with Crippen molar-refractivity contribution in [1.29, 1.82) is 0 Å². The zero-order valence-electron chi connectivity index (χ0n) is 12.3. The van der Waals surface area contributed by atoms with Gasteiger partial charge in [0.2, 0.25) is 5.89 Å². The second-order valence-corrected chi connectivity index (χ2v) is 5.55. The molecule has 4 nitrogen and oxygen atoms in total. The standard InChI is InChI=1S/C16H20FN3O/c1-2-9-20-10-3-4-14(20)16-18-15(19-21-16)11-12-5-7-13(17)8-6-12/h5-8,14H,2-4,9-11H2,1H3/t14-/m0/s1. The second kappa shape index (κ2) is 6.35. The Labute approximate surface area is 124 Å². The Morgan fingerprint density at radius 1 is 1.33 bits per heavy atom. The summed E-state index contributed by atoms with van der Waals surface area (Å²) in [5.41, 5.74) is 0.987. The summed E-state index contributed by atoms with van der Waals surface area (Å²) in [5.74, 6) is 1.16. The van der Waals surface area contributed by atoms with E-state index in [1.807, 2.05) is 0 Å². The van der Waals surface area contributed by atoms with Crippen LogP contribution in [0.25, 0.3) is 0 Å². The molecule has 1 saturated heterocycles. The molecule has 1 aliphatic rings. The molecular formula is C16H20FN3O. The van der Waals surface area contributed by atoms with E-state index < -0.39 is 0 Å². The van der Waals surface area contributed by atoms with E-state index in [1.54, 1.807) is 12.1 Å². The largest absolute Gasteiger partial charge is 0.338 e. The summed E-state index contributed by atoms with van der Waals surface area (Å²) in [7, 11) is 0. The van der Waals surface area contributed by atoms with Crippen LogP contribution in [0.3, 0.4) is 0 Å². The lowest BCUT2D eigenvalue weighted by Crippen LogP contribution is -2.24. The van der Waals surface area contributed by atoms with Crippen LogP contribution in [0.5, 0.6) is 0 Å². The predicted octanol–water partition coefficient (Wildman–Crippen LogP) is 3.35. The maximum absolute atomic E-state index is 12.9. The first-order valence-electron chi connectivity index (χ1n) is 7.57. The molecule has 0 bridgehead atoms. The Kier molecular flexibility index (Phi) is 4.29. The number of hydrogen-bond donors (Lipinski definition) is 0. The van der Waals surface area contributed by atoms with Crippen molar-refractivity contribution in [3.63, 3.8) is 0 Å². The molecule has 5 heteroatoms. The molecule has 1 aromatic heterocycles. The fourth-order valence-electron chi connectivity index (χ4n) is 2.92. The number of nitrogens with zero attached hydrogens (tertiary/aromatic N) is 3. The highest BCUT2D eigenvalue weighted by molar-refractivity contribution is 5.19. The van der Waals surface area contributed by atoms with Gasteiger partial charge in [-0.2, -0.15) is 4.98 Å². The summed E-state index contributed by atoms with van der Waals surface area (Å²) in [6, 6.07) is 6.68. The molecule has 1 aromatic carbocycles. The third kappa shape index (κ3) is 3.29. The van der Waals surface area contributed by atoms with Crippen molar-refractivity contribution in [3.05, 3.63) is 47.4 Å². The van der Waals surface area contributed by atoms with E-state index in [1.165, 1.54) is 18.6 Å².